The van der Waals surface area contributed by atoms with Crippen molar-refractivity contribution in [3.63, 3.8) is 0 Å². The fourth-order valence-electron chi connectivity index (χ4n) is 1.86. The van der Waals surface area contributed by atoms with Gasteiger partial charge in [0, 0.05) is 12.5 Å². The number of rotatable bonds is 8. The van der Waals surface area contributed by atoms with E-state index in [1.165, 1.54) is 12.8 Å². The van der Waals surface area contributed by atoms with E-state index in [0.717, 1.165) is 31.1 Å². The maximum atomic E-state index is 5.32. The molecule has 0 spiro atoms. The van der Waals surface area contributed by atoms with Crippen molar-refractivity contribution in [1.82, 2.24) is 5.32 Å². The SMILES string of the molecule is CCC(CC)CNC(C)CCc1ccco1. The molecule has 1 unspecified atom stereocenters. The highest BCUT2D eigenvalue weighted by Gasteiger charge is 2.07. The van der Waals surface area contributed by atoms with Gasteiger partial charge >= 0.3 is 0 Å². The fourth-order valence-corrected chi connectivity index (χ4v) is 1.86. The number of aryl methyl sites for hydroxylation is 1. The van der Waals surface area contributed by atoms with Gasteiger partial charge in [-0.25, -0.2) is 0 Å². The van der Waals surface area contributed by atoms with Crippen molar-refractivity contribution >= 4 is 0 Å². The van der Waals surface area contributed by atoms with E-state index < -0.39 is 0 Å². The van der Waals surface area contributed by atoms with Crippen LogP contribution in [0.1, 0.15) is 45.8 Å². The predicted octanol–water partition coefficient (Wildman–Crippen LogP) is 3.63. The van der Waals surface area contributed by atoms with Gasteiger partial charge in [-0.2, -0.15) is 0 Å². The lowest BCUT2D eigenvalue weighted by Gasteiger charge is -2.18. The zero-order valence-electron chi connectivity index (χ0n) is 10.8. The Balaban J connectivity index is 2.13. The molecule has 1 rings (SSSR count). The molecule has 0 aliphatic rings. The van der Waals surface area contributed by atoms with Crippen molar-refractivity contribution in [2.45, 2.75) is 52.5 Å². The molecule has 0 amide bonds. The topological polar surface area (TPSA) is 25.2 Å². The number of hydrogen-bond acceptors (Lipinski definition) is 2. The molecule has 0 aliphatic carbocycles. The van der Waals surface area contributed by atoms with Crippen LogP contribution < -0.4 is 5.32 Å². The zero-order valence-corrected chi connectivity index (χ0v) is 10.8. The summed E-state index contributed by atoms with van der Waals surface area (Å²) in [5, 5.41) is 3.61. The van der Waals surface area contributed by atoms with Crippen LogP contribution in [0, 0.1) is 5.92 Å². The molecular weight excluding hydrogens is 198 g/mol. The molecule has 92 valence electrons. The first kappa shape index (κ1) is 13.3. The first-order valence-corrected chi connectivity index (χ1v) is 6.52. The van der Waals surface area contributed by atoms with Crippen molar-refractivity contribution in [3.05, 3.63) is 24.2 Å². The molecule has 1 heterocycles. The molecule has 1 N–H and O–H groups in total. The van der Waals surface area contributed by atoms with Gasteiger partial charge in [0.1, 0.15) is 5.76 Å². The van der Waals surface area contributed by atoms with Crippen LogP contribution in [0.4, 0.5) is 0 Å². The fraction of sp³-hybridized carbons (Fsp3) is 0.714. The predicted molar refractivity (Wildman–Crippen MR) is 68.6 cm³/mol. The van der Waals surface area contributed by atoms with Gasteiger partial charge in [-0.05, 0) is 37.9 Å². The third-order valence-electron chi connectivity index (χ3n) is 3.31. The summed E-state index contributed by atoms with van der Waals surface area (Å²) in [7, 11) is 0. The maximum Gasteiger partial charge on any atom is 0.103 e. The van der Waals surface area contributed by atoms with Gasteiger partial charge in [-0.15, -0.1) is 0 Å². The smallest absolute Gasteiger partial charge is 0.103 e. The molecule has 0 saturated carbocycles. The van der Waals surface area contributed by atoms with Crippen molar-refractivity contribution in [2.75, 3.05) is 6.54 Å². The molecule has 0 radical (unpaired) electrons. The molecule has 2 nitrogen and oxygen atoms in total. The minimum Gasteiger partial charge on any atom is -0.469 e. The average molecular weight is 223 g/mol. The monoisotopic (exact) mass is 223 g/mol. The van der Waals surface area contributed by atoms with E-state index in [0.29, 0.717) is 6.04 Å². The van der Waals surface area contributed by atoms with Crippen LogP contribution >= 0.6 is 0 Å². The molecular formula is C14H25NO. The molecule has 0 aromatic carbocycles. The molecule has 2 heteroatoms. The van der Waals surface area contributed by atoms with E-state index in [1.807, 2.05) is 12.1 Å². The Hall–Kier alpha value is -0.760. The first-order chi connectivity index (χ1) is 7.76. The van der Waals surface area contributed by atoms with Crippen molar-refractivity contribution in [1.29, 1.82) is 0 Å². The van der Waals surface area contributed by atoms with Gasteiger partial charge in [0.15, 0.2) is 0 Å². The molecule has 0 saturated heterocycles. The molecule has 0 fully saturated rings. The molecule has 0 bridgehead atoms. The average Bonchev–Trinajstić information content (AvgIpc) is 2.80. The van der Waals surface area contributed by atoms with E-state index >= 15 is 0 Å². The Bertz CT molecular complexity index is 252. The third kappa shape index (κ3) is 4.84. The first-order valence-electron chi connectivity index (χ1n) is 6.52. The van der Waals surface area contributed by atoms with Crippen LogP contribution in [0.15, 0.2) is 22.8 Å². The van der Waals surface area contributed by atoms with Crippen LogP contribution in [-0.2, 0) is 6.42 Å². The second-order valence-electron chi connectivity index (χ2n) is 4.61. The van der Waals surface area contributed by atoms with Gasteiger partial charge in [-0.1, -0.05) is 26.7 Å². The lowest BCUT2D eigenvalue weighted by molar-refractivity contribution is 0.399. The van der Waals surface area contributed by atoms with Crippen LogP contribution in [-0.4, -0.2) is 12.6 Å². The Morgan fingerprint density at radius 1 is 1.31 bits per heavy atom. The summed E-state index contributed by atoms with van der Waals surface area (Å²) in [6, 6.07) is 4.58. The van der Waals surface area contributed by atoms with Gasteiger partial charge in [0.2, 0.25) is 0 Å². The number of furan rings is 1. The largest absolute Gasteiger partial charge is 0.469 e. The summed E-state index contributed by atoms with van der Waals surface area (Å²) in [5.41, 5.74) is 0. The van der Waals surface area contributed by atoms with Gasteiger partial charge < -0.3 is 9.73 Å². The van der Waals surface area contributed by atoms with Crippen molar-refractivity contribution in [3.8, 4) is 0 Å². The van der Waals surface area contributed by atoms with Crippen LogP contribution in [0.5, 0.6) is 0 Å². The highest BCUT2D eigenvalue weighted by molar-refractivity contribution is 4.98. The molecule has 1 atom stereocenters. The summed E-state index contributed by atoms with van der Waals surface area (Å²) >= 11 is 0. The number of nitrogens with one attached hydrogen (secondary N) is 1. The lowest BCUT2D eigenvalue weighted by Crippen LogP contribution is -2.31. The summed E-state index contributed by atoms with van der Waals surface area (Å²) in [6.07, 6.45) is 6.47. The van der Waals surface area contributed by atoms with E-state index in [4.69, 9.17) is 4.42 Å². The van der Waals surface area contributed by atoms with Crippen molar-refractivity contribution < 1.29 is 4.42 Å². The van der Waals surface area contributed by atoms with E-state index in [2.05, 4.69) is 26.1 Å². The van der Waals surface area contributed by atoms with E-state index in [-0.39, 0.29) is 0 Å². The standard InChI is InChI=1S/C14H25NO/c1-4-13(5-2)11-15-12(3)8-9-14-7-6-10-16-14/h6-7,10,12-13,15H,4-5,8-9,11H2,1-3H3. The van der Waals surface area contributed by atoms with Crippen LogP contribution in [0.25, 0.3) is 0 Å². The minimum atomic E-state index is 0.575. The Kier molecular flexibility index (Phi) is 6.24. The van der Waals surface area contributed by atoms with Crippen LogP contribution in [0.3, 0.4) is 0 Å². The lowest BCUT2D eigenvalue weighted by atomic mass is 10.0. The normalized spacial score (nSPS) is 13.2. The Morgan fingerprint density at radius 2 is 2.06 bits per heavy atom. The Labute approximate surface area is 99.4 Å². The Morgan fingerprint density at radius 3 is 2.62 bits per heavy atom. The van der Waals surface area contributed by atoms with Crippen molar-refractivity contribution in [2.24, 2.45) is 5.92 Å². The second-order valence-corrected chi connectivity index (χ2v) is 4.61. The number of hydrogen-bond donors (Lipinski definition) is 1. The molecule has 1 aromatic rings. The third-order valence-corrected chi connectivity index (χ3v) is 3.31. The van der Waals surface area contributed by atoms with Gasteiger partial charge in [0.25, 0.3) is 0 Å². The molecule has 0 aliphatic heterocycles. The summed E-state index contributed by atoms with van der Waals surface area (Å²) in [4.78, 5) is 0. The van der Waals surface area contributed by atoms with E-state index in [1.54, 1.807) is 6.26 Å². The van der Waals surface area contributed by atoms with Gasteiger partial charge in [0.05, 0.1) is 6.26 Å². The van der Waals surface area contributed by atoms with Crippen LogP contribution in [0.2, 0.25) is 0 Å². The maximum absolute atomic E-state index is 5.32. The summed E-state index contributed by atoms with van der Waals surface area (Å²) < 4.78 is 5.32. The van der Waals surface area contributed by atoms with Gasteiger partial charge in [-0.3, -0.25) is 0 Å². The minimum absolute atomic E-state index is 0.575. The zero-order chi connectivity index (χ0) is 11.8. The summed E-state index contributed by atoms with van der Waals surface area (Å²) in [5.74, 6) is 1.92. The summed E-state index contributed by atoms with van der Waals surface area (Å²) in [6.45, 7) is 7.93. The molecule has 1 aromatic heterocycles. The highest BCUT2D eigenvalue weighted by atomic mass is 16.3. The molecule has 16 heavy (non-hydrogen) atoms. The second kappa shape index (κ2) is 7.50. The quantitative estimate of drug-likeness (QED) is 0.728. The highest BCUT2D eigenvalue weighted by Crippen LogP contribution is 2.08. The van der Waals surface area contributed by atoms with E-state index in [9.17, 15) is 0 Å².